The number of benzene rings is 1. The van der Waals surface area contributed by atoms with E-state index >= 15 is 0 Å². The SMILES string of the molecule is Cn1nc(-c2cnn(Cc3ccccc3)c2)c(C(N)=O)c1N. The molecule has 1 aromatic carbocycles. The quantitative estimate of drug-likeness (QED) is 0.749. The highest BCUT2D eigenvalue weighted by atomic mass is 16.1. The highest BCUT2D eigenvalue weighted by molar-refractivity contribution is 6.03. The third-order valence-electron chi connectivity index (χ3n) is 3.43. The number of rotatable bonds is 4. The van der Waals surface area contributed by atoms with Crippen molar-refractivity contribution in [2.75, 3.05) is 5.73 Å². The largest absolute Gasteiger partial charge is 0.383 e. The minimum absolute atomic E-state index is 0.224. The van der Waals surface area contributed by atoms with Gasteiger partial charge in [-0.1, -0.05) is 30.3 Å². The van der Waals surface area contributed by atoms with E-state index in [1.54, 1.807) is 17.9 Å². The van der Waals surface area contributed by atoms with Gasteiger partial charge in [-0.2, -0.15) is 10.2 Å². The lowest BCUT2D eigenvalue weighted by atomic mass is 10.1. The van der Waals surface area contributed by atoms with Gasteiger partial charge >= 0.3 is 0 Å². The Kier molecular flexibility index (Phi) is 3.38. The van der Waals surface area contributed by atoms with Crippen LogP contribution in [0.5, 0.6) is 0 Å². The van der Waals surface area contributed by atoms with Crippen LogP contribution in [0, 0.1) is 0 Å². The van der Waals surface area contributed by atoms with Gasteiger partial charge in [0, 0.05) is 18.8 Å². The van der Waals surface area contributed by atoms with Crippen molar-refractivity contribution >= 4 is 11.7 Å². The molecule has 4 N–H and O–H groups in total. The number of aryl methyl sites for hydroxylation is 1. The second-order valence-electron chi connectivity index (χ2n) is 5.01. The zero-order chi connectivity index (χ0) is 15.7. The molecule has 0 aliphatic carbocycles. The number of amides is 1. The van der Waals surface area contributed by atoms with Crippen LogP contribution in [-0.2, 0) is 13.6 Å². The standard InChI is InChI=1S/C15H16N6O/c1-20-14(16)12(15(17)22)13(19-20)11-7-18-21(9-11)8-10-5-3-2-4-6-10/h2-7,9H,8,16H2,1H3,(H2,17,22). The molecule has 1 amide bonds. The molecule has 0 spiro atoms. The third-order valence-corrected chi connectivity index (χ3v) is 3.43. The lowest BCUT2D eigenvalue weighted by molar-refractivity contribution is 0.100. The van der Waals surface area contributed by atoms with Gasteiger partial charge in [0.1, 0.15) is 17.1 Å². The topological polar surface area (TPSA) is 105 Å². The van der Waals surface area contributed by atoms with Gasteiger partial charge < -0.3 is 11.5 Å². The van der Waals surface area contributed by atoms with Crippen molar-refractivity contribution in [3.05, 3.63) is 53.9 Å². The van der Waals surface area contributed by atoms with E-state index in [1.165, 1.54) is 4.68 Å². The number of anilines is 1. The lowest BCUT2D eigenvalue weighted by Gasteiger charge is -2.00. The van der Waals surface area contributed by atoms with Crippen LogP contribution in [0.25, 0.3) is 11.3 Å². The highest BCUT2D eigenvalue weighted by Crippen LogP contribution is 2.26. The Morgan fingerprint density at radius 3 is 2.68 bits per heavy atom. The van der Waals surface area contributed by atoms with Crippen LogP contribution in [0.4, 0.5) is 5.82 Å². The van der Waals surface area contributed by atoms with E-state index in [1.807, 2.05) is 36.5 Å². The fourth-order valence-corrected chi connectivity index (χ4v) is 2.32. The molecule has 0 bridgehead atoms. The maximum Gasteiger partial charge on any atom is 0.254 e. The zero-order valence-corrected chi connectivity index (χ0v) is 12.1. The van der Waals surface area contributed by atoms with E-state index in [0.717, 1.165) is 5.56 Å². The Bertz CT molecular complexity index is 818. The molecule has 7 nitrogen and oxygen atoms in total. The summed E-state index contributed by atoms with van der Waals surface area (Å²) in [5.41, 5.74) is 13.8. The van der Waals surface area contributed by atoms with E-state index in [2.05, 4.69) is 10.2 Å². The second kappa shape index (κ2) is 5.36. The Labute approximate surface area is 127 Å². The average molecular weight is 296 g/mol. The Balaban J connectivity index is 1.95. The van der Waals surface area contributed by atoms with Crippen molar-refractivity contribution in [2.45, 2.75) is 6.54 Å². The first-order valence-corrected chi connectivity index (χ1v) is 6.75. The number of hydrogen-bond donors (Lipinski definition) is 2. The maximum absolute atomic E-state index is 11.6. The summed E-state index contributed by atoms with van der Waals surface area (Å²) in [6, 6.07) is 9.96. The monoisotopic (exact) mass is 296 g/mol. The summed E-state index contributed by atoms with van der Waals surface area (Å²) >= 11 is 0. The summed E-state index contributed by atoms with van der Waals surface area (Å²) < 4.78 is 3.21. The Hall–Kier alpha value is -3.09. The Morgan fingerprint density at radius 2 is 2.00 bits per heavy atom. The summed E-state index contributed by atoms with van der Waals surface area (Å²) in [4.78, 5) is 11.6. The number of carbonyl (C=O) groups is 1. The summed E-state index contributed by atoms with van der Waals surface area (Å²) in [6.45, 7) is 0.634. The normalized spacial score (nSPS) is 10.8. The number of nitrogens with two attached hydrogens (primary N) is 2. The molecule has 0 radical (unpaired) electrons. The number of carbonyl (C=O) groups excluding carboxylic acids is 1. The summed E-state index contributed by atoms with van der Waals surface area (Å²) in [5.74, 6) is -0.352. The first kappa shape index (κ1) is 13.9. The molecular weight excluding hydrogens is 280 g/mol. The van der Waals surface area contributed by atoms with Gasteiger partial charge in [0.2, 0.25) is 0 Å². The lowest BCUT2D eigenvalue weighted by Crippen LogP contribution is -2.14. The highest BCUT2D eigenvalue weighted by Gasteiger charge is 2.21. The molecule has 0 atom stereocenters. The molecule has 2 aromatic heterocycles. The second-order valence-corrected chi connectivity index (χ2v) is 5.01. The molecule has 2 heterocycles. The van der Waals surface area contributed by atoms with Crippen LogP contribution in [-0.4, -0.2) is 25.5 Å². The van der Waals surface area contributed by atoms with Crippen LogP contribution in [0.3, 0.4) is 0 Å². The first-order chi connectivity index (χ1) is 10.6. The van der Waals surface area contributed by atoms with Crippen LogP contribution in [0.1, 0.15) is 15.9 Å². The molecule has 3 rings (SSSR count). The van der Waals surface area contributed by atoms with Crippen molar-refractivity contribution in [2.24, 2.45) is 12.8 Å². The molecule has 112 valence electrons. The van der Waals surface area contributed by atoms with Crippen molar-refractivity contribution in [1.82, 2.24) is 19.6 Å². The molecule has 0 fully saturated rings. The predicted octanol–water partition coefficient (Wildman–Crippen LogP) is 1.01. The number of nitrogens with zero attached hydrogens (tertiary/aromatic N) is 4. The fraction of sp³-hybridized carbons (Fsp3) is 0.133. The van der Waals surface area contributed by atoms with Crippen LogP contribution < -0.4 is 11.5 Å². The molecule has 3 aromatic rings. The minimum Gasteiger partial charge on any atom is -0.383 e. The number of nitrogen functional groups attached to an aromatic ring is 1. The van der Waals surface area contributed by atoms with E-state index < -0.39 is 5.91 Å². The van der Waals surface area contributed by atoms with Gasteiger partial charge in [0.05, 0.1) is 12.7 Å². The molecule has 0 saturated carbocycles. The summed E-state index contributed by atoms with van der Waals surface area (Å²) in [5, 5.41) is 8.56. The van der Waals surface area contributed by atoms with E-state index in [0.29, 0.717) is 17.8 Å². The molecule has 0 aliphatic heterocycles. The van der Waals surface area contributed by atoms with Crippen molar-refractivity contribution in [1.29, 1.82) is 0 Å². The molecule has 7 heteroatoms. The van der Waals surface area contributed by atoms with Crippen molar-refractivity contribution in [3.63, 3.8) is 0 Å². The zero-order valence-electron chi connectivity index (χ0n) is 12.1. The van der Waals surface area contributed by atoms with Crippen LogP contribution in [0.2, 0.25) is 0 Å². The van der Waals surface area contributed by atoms with Gasteiger partial charge in [-0.25, -0.2) is 0 Å². The van der Waals surface area contributed by atoms with Gasteiger partial charge in [0.15, 0.2) is 0 Å². The average Bonchev–Trinajstić information content (AvgIpc) is 3.06. The molecule has 0 aliphatic rings. The predicted molar refractivity (Wildman–Crippen MR) is 82.9 cm³/mol. The third kappa shape index (κ3) is 2.44. The van der Waals surface area contributed by atoms with E-state index in [-0.39, 0.29) is 11.4 Å². The summed E-state index contributed by atoms with van der Waals surface area (Å²) in [7, 11) is 1.67. The maximum atomic E-state index is 11.6. The van der Waals surface area contributed by atoms with Gasteiger partial charge in [0.25, 0.3) is 5.91 Å². The smallest absolute Gasteiger partial charge is 0.254 e. The first-order valence-electron chi connectivity index (χ1n) is 6.75. The van der Waals surface area contributed by atoms with Crippen molar-refractivity contribution < 1.29 is 4.79 Å². The summed E-state index contributed by atoms with van der Waals surface area (Å²) in [6.07, 6.45) is 3.47. The number of hydrogen-bond acceptors (Lipinski definition) is 4. The van der Waals surface area contributed by atoms with Gasteiger partial charge in [-0.05, 0) is 5.56 Å². The van der Waals surface area contributed by atoms with E-state index in [9.17, 15) is 4.79 Å². The van der Waals surface area contributed by atoms with Crippen molar-refractivity contribution in [3.8, 4) is 11.3 Å². The van der Waals surface area contributed by atoms with Crippen LogP contribution in [0.15, 0.2) is 42.7 Å². The van der Waals surface area contributed by atoms with Crippen LogP contribution >= 0.6 is 0 Å². The van der Waals surface area contributed by atoms with Gasteiger partial charge in [-0.15, -0.1) is 0 Å². The minimum atomic E-state index is -0.601. The molecule has 0 saturated heterocycles. The molecule has 22 heavy (non-hydrogen) atoms. The number of primary amides is 1. The molecular formula is C15H16N6O. The van der Waals surface area contributed by atoms with Gasteiger partial charge in [-0.3, -0.25) is 14.2 Å². The fourth-order valence-electron chi connectivity index (χ4n) is 2.32. The molecule has 0 unspecified atom stereocenters. The van der Waals surface area contributed by atoms with E-state index in [4.69, 9.17) is 11.5 Å². The number of aromatic nitrogens is 4. The Morgan fingerprint density at radius 1 is 1.27 bits per heavy atom.